The van der Waals surface area contributed by atoms with Crippen LogP contribution in [0.1, 0.15) is 42.7 Å². The Hall–Kier alpha value is -3.04. The zero-order valence-electron chi connectivity index (χ0n) is 16.7. The fraction of sp³-hybridized carbons (Fsp3) is 0.192. The van der Waals surface area contributed by atoms with E-state index in [9.17, 15) is 4.79 Å². The molecule has 0 amide bonds. The van der Waals surface area contributed by atoms with E-state index in [1.165, 1.54) is 11.6 Å². The second kappa shape index (κ2) is 7.33. The van der Waals surface area contributed by atoms with Gasteiger partial charge < -0.3 is 9.47 Å². The van der Waals surface area contributed by atoms with Gasteiger partial charge in [0.05, 0.1) is 0 Å². The van der Waals surface area contributed by atoms with Gasteiger partial charge in [-0.1, -0.05) is 55.0 Å². The lowest BCUT2D eigenvalue weighted by Gasteiger charge is -2.24. The maximum atomic E-state index is 12.2. The Morgan fingerprint density at radius 2 is 1.93 bits per heavy atom. The maximum Gasteiger partial charge on any atom is 0.335 e. The van der Waals surface area contributed by atoms with Crippen molar-refractivity contribution < 1.29 is 14.3 Å². The molecular formula is C26H21ClO3. The zero-order chi connectivity index (χ0) is 20.8. The Bertz CT molecular complexity index is 1210. The molecule has 0 aromatic heterocycles. The minimum absolute atomic E-state index is 0.237. The molecule has 2 atom stereocenters. The fourth-order valence-corrected chi connectivity index (χ4v) is 5.01. The highest BCUT2D eigenvalue weighted by Crippen LogP contribution is 2.61. The number of hydrogen-bond donors (Lipinski definition) is 0. The Kier molecular flexibility index (Phi) is 4.63. The molecule has 3 aromatic carbocycles. The molecule has 0 N–H and O–H groups in total. The minimum atomic E-state index is -0.463. The summed E-state index contributed by atoms with van der Waals surface area (Å²) >= 11 is 6.36. The lowest BCUT2D eigenvalue weighted by atomic mass is 9.86. The van der Waals surface area contributed by atoms with Crippen LogP contribution in [-0.4, -0.2) is 5.97 Å². The van der Waals surface area contributed by atoms with Crippen LogP contribution in [0.25, 0.3) is 10.8 Å². The third-order valence-electron chi connectivity index (χ3n) is 6.06. The first kappa shape index (κ1) is 19.0. The van der Waals surface area contributed by atoms with Crippen LogP contribution in [0, 0.1) is 0 Å². The van der Waals surface area contributed by atoms with Crippen LogP contribution in [0.4, 0.5) is 0 Å². The molecule has 2 aliphatic carbocycles. The summed E-state index contributed by atoms with van der Waals surface area (Å²) in [7, 11) is 0. The van der Waals surface area contributed by atoms with Gasteiger partial charge in [0, 0.05) is 44.8 Å². The lowest BCUT2D eigenvalue weighted by Crippen LogP contribution is -2.10. The van der Waals surface area contributed by atoms with Gasteiger partial charge in [-0.15, -0.1) is 0 Å². The standard InChI is InChI=1S/C26H21ClO3/c1-3-15-12-16-13-20(15)24-23(16)26(29-18-8-6-5-7-9-18)21-14-17(27)10-11-19(21)25(24)30-22(28)4-2/h4-12,14,16,20H,2-3,13H2,1H3. The van der Waals surface area contributed by atoms with Crippen molar-refractivity contribution in [3.63, 3.8) is 0 Å². The topological polar surface area (TPSA) is 35.5 Å². The van der Waals surface area contributed by atoms with Crippen LogP contribution in [0.5, 0.6) is 17.2 Å². The van der Waals surface area contributed by atoms with E-state index in [0.29, 0.717) is 10.8 Å². The Balaban J connectivity index is 1.82. The SMILES string of the molecule is C=CC(=O)Oc1c2c(c(Oc3ccccc3)c3cc(Cl)ccc13)C1C=C(CC)C2C1. The van der Waals surface area contributed by atoms with E-state index in [0.717, 1.165) is 46.2 Å². The van der Waals surface area contributed by atoms with Crippen molar-refractivity contribution in [2.24, 2.45) is 0 Å². The number of para-hydroxylation sites is 1. The Morgan fingerprint density at radius 3 is 2.67 bits per heavy atom. The molecule has 5 rings (SSSR count). The first-order chi connectivity index (χ1) is 14.6. The van der Waals surface area contributed by atoms with Gasteiger partial charge in [0.2, 0.25) is 0 Å². The van der Waals surface area contributed by atoms with Crippen molar-refractivity contribution in [1.82, 2.24) is 0 Å². The van der Waals surface area contributed by atoms with E-state index in [4.69, 9.17) is 21.1 Å². The molecule has 2 aliphatic rings. The van der Waals surface area contributed by atoms with Crippen LogP contribution in [0.3, 0.4) is 0 Å². The Labute approximate surface area is 180 Å². The van der Waals surface area contributed by atoms with Crippen molar-refractivity contribution >= 4 is 28.3 Å². The molecule has 0 fully saturated rings. The number of benzene rings is 3. The highest BCUT2D eigenvalue weighted by atomic mass is 35.5. The van der Waals surface area contributed by atoms with E-state index in [1.807, 2.05) is 48.5 Å². The van der Waals surface area contributed by atoms with Crippen LogP contribution >= 0.6 is 11.6 Å². The summed E-state index contributed by atoms with van der Waals surface area (Å²) in [6, 6.07) is 15.3. The van der Waals surface area contributed by atoms with Crippen LogP contribution < -0.4 is 9.47 Å². The molecule has 30 heavy (non-hydrogen) atoms. The maximum absolute atomic E-state index is 12.2. The number of hydrogen-bond acceptors (Lipinski definition) is 3. The van der Waals surface area contributed by atoms with Crippen molar-refractivity contribution in [2.45, 2.75) is 31.6 Å². The van der Waals surface area contributed by atoms with Crippen molar-refractivity contribution in [1.29, 1.82) is 0 Å². The molecule has 3 nitrogen and oxygen atoms in total. The number of carbonyl (C=O) groups excluding carboxylic acids is 1. The fourth-order valence-electron chi connectivity index (χ4n) is 4.84. The van der Waals surface area contributed by atoms with Gasteiger partial charge in [-0.3, -0.25) is 0 Å². The number of fused-ring (bicyclic) bond motifs is 6. The van der Waals surface area contributed by atoms with Gasteiger partial charge >= 0.3 is 5.97 Å². The summed E-state index contributed by atoms with van der Waals surface area (Å²) in [4.78, 5) is 12.2. The smallest absolute Gasteiger partial charge is 0.335 e. The van der Waals surface area contributed by atoms with E-state index < -0.39 is 5.97 Å². The summed E-state index contributed by atoms with van der Waals surface area (Å²) in [5.74, 6) is 2.18. The molecule has 2 unspecified atom stereocenters. The molecule has 3 aromatic rings. The van der Waals surface area contributed by atoms with Gasteiger partial charge in [-0.25, -0.2) is 4.79 Å². The molecular weight excluding hydrogens is 396 g/mol. The monoisotopic (exact) mass is 416 g/mol. The number of carbonyl (C=O) groups is 1. The normalized spacial score (nSPS) is 18.8. The number of allylic oxidation sites excluding steroid dienone is 2. The molecule has 0 radical (unpaired) electrons. The van der Waals surface area contributed by atoms with Gasteiger partial charge in [0.15, 0.2) is 0 Å². The molecule has 0 saturated heterocycles. The van der Waals surface area contributed by atoms with Gasteiger partial charge in [-0.05, 0) is 43.2 Å². The predicted octanol–water partition coefficient (Wildman–Crippen LogP) is 7.30. The molecule has 0 spiro atoms. The molecule has 0 saturated carbocycles. The molecule has 2 bridgehead atoms. The highest BCUT2D eigenvalue weighted by Gasteiger charge is 2.43. The third kappa shape index (κ3) is 2.93. The summed E-state index contributed by atoms with van der Waals surface area (Å²) in [5.41, 5.74) is 3.56. The summed E-state index contributed by atoms with van der Waals surface area (Å²) in [6.45, 7) is 5.74. The Morgan fingerprint density at radius 1 is 1.13 bits per heavy atom. The average molecular weight is 417 g/mol. The number of esters is 1. The first-order valence-electron chi connectivity index (χ1n) is 10.2. The molecule has 150 valence electrons. The van der Waals surface area contributed by atoms with Crippen LogP contribution in [0.2, 0.25) is 5.02 Å². The van der Waals surface area contributed by atoms with Crippen LogP contribution in [0.15, 0.2) is 72.8 Å². The van der Waals surface area contributed by atoms with Gasteiger partial charge in [0.1, 0.15) is 17.2 Å². The zero-order valence-corrected chi connectivity index (χ0v) is 17.4. The third-order valence-corrected chi connectivity index (χ3v) is 6.30. The van der Waals surface area contributed by atoms with Gasteiger partial charge in [0.25, 0.3) is 0 Å². The first-order valence-corrected chi connectivity index (χ1v) is 10.5. The largest absolute Gasteiger partial charge is 0.456 e. The minimum Gasteiger partial charge on any atom is -0.456 e. The van der Waals surface area contributed by atoms with Crippen LogP contribution in [-0.2, 0) is 4.79 Å². The average Bonchev–Trinajstić information content (AvgIpc) is 3.35. The molecule has 0 aliphatic heterocycles. The number of halogens is 1. The highest BCUT2D eigenvalue weighted by molar-refractivity contribution is 6.31. The van der Waals surface area contributed by atoms with E-state index in [1.54, 1.807) is 0 Å². The lowest BCUT2D eigenvalue weighted by molar-refractivity contribution is -0.128. The van der Waals surface area contributed by atoms with Crippen molar-refractivity contribution in [3.05, 3.63) is 89.0 Å². The van der Waals surface area contributed by atoms with Crippen molar-refractivity contribution in [3.8, 4) is 17.2 Å². The second-order valence-corrected chi connectivity index (χ2v) is 8.14. The number of ether oxygens (including phenoxy) is 2. The molecule has 0 heterocycles. The second-order valence-electron chi connectivity index (χ2n) is 7.71. The van der Waals surface area contributed by atoms with E-state index >= 15 is 0 Å². The van der Waals surface area contributed by atoms with Crippen molar-refractivity contribution in [2.75, 3.05) is 0 Å². The summed E-state index contributed by atoms with van der Waals surface area (Å²) < 4.78 is 12.3. The quantitative estimate of drug-likeness (QED) is 0.189. The van der Waals surface area contributed by atoms with Gasteiger partial charge in [-0.2, -0.15) is 0 Å². The van der Waals surface area contributed by atoms with E-state index in [2.05, 4.69) is 19.6 Å². The molecule has 4 heteroatoms. The van der Waals surface area contributed by atoms with E-state index in [-0.39, 0.29) is 11.8 Å². The number of rotatable bonds is 5. The summed E-state index contributed by atoms with van der Waals surface area (Å²) in [6.07, 6.45) is 5.50. The predicted molar refractivity (Wildman–Crippen MR) is 120 cm³/mol. The summed E-state index contributed by atoms with van der Waals surface area (Å²) in [5, 5.41) is 2.27.